The zero-order valence-electron chi connectivity index (χ0n) is 9.78. The first-order chi connectivity index (χ1) is 8.91. The highest BCUT2D eigenvalue weighted by Crippen LogP contribution is 2.25. The molecule has 2 aromatic rings. The molecule has 0 spiro atoms. The molecule has 1 heterocycles. The van der Waals surface area contributed by atoms with E-state index in [0.29, 0.717) is 5.01 Å². The van der Waals surface area contributed by atoms with Gasteiger partial charge < -0.3 is 5.73 Å². The van der Waals surface area contributed by atoms with E-state index in [1.807, 2.05) is 0 Å². The van der Waals surface area contributed by atoms with Crippen LogP contribution in [0.5, 0.6) is 0 Å². The Morgan fingerprint density at radius 1 is 1.47 bits per heavy atom. The zero-order valence-corrected chi connectivity index (χ0v) is 12.2. The first-order valence-electron chi connectivity index (χ1n) is 5.31. The second-order valence-corrected chi connectivity index (χ2v) is 5.65. The van der Waals surface area contributed by atoms with Crippen molar-refractivity contribution in [1.29, 1.82) is 0 Å². The van der Waals surface area contributed by atoms with Crippen LogP contribution in [0.2, 0.25) is 0 Å². The summed E-state index contributed by atoms with van der Waals surface area (Å²) in [5, 5.41) is 1.99. The summed E-state index contributed by atoms with van der Waals surface area (Å²) in [5.74, 6) is -2.64. The van der Waals surface area contributed by atoms with Gasteiger partial charge in [-0.05, 0) is 35.0 Å². The highest BCUT2D eigenvalue weighted by Gasteiger charge is 2.23. The molecule has 0 saturated heterocycles. The summed E-state index contributed by atoms with van der Waals surface area (Å²) in [4.78, 5) is 16.1. The molecule has 1 unspecified atom stereocenters. The van der Waals surface area contributed by atoms with Crippen LogP contribution in [-0.4, -0.2) is 10.8 Å². The van der Waals surface area contributed by atoms with Gasteiger partial charge in [0.1, 0.15) is 16.5 Å². The lowest BCUT2D eigenvalue weighted by Crippen LogP contribution is -2.10. The Morgan fingerprint density at radius 3 is 2.74 bits per heavy atom. The van der Waals surface area contributed by atoms with E-state index in [9.17, 15) is 13.6 Å². The number of carbonyl (C=O) groups excluding carboxylic acids is 1. The summed E-state index contributed by atoms with van der Waals surface area (Å²) in [5.41, 5.74) is 5.01. The number of ketones is 1. The summed E-state index contributed by atoms with van der Waals surface area (Å²) in [6.07, 6.45) is 0. The molecule has 0 aliphatic rings. The average molecular weight is 347 g/mol. The van der Waals surface area contributed by atoms with Gasteiger partial charge in [-0.2, -0.15) is 0 Å². The van der Waals surface area contributed by atoms with Gasteiger partial charge in [0.2, 0.25) is 5.78 Å². The second kappa shape index (κ2) is 5.44. The lowest BCUT2D eigenvalue weighted by atomic mass is 10.1. The van der Waals surface area contributed by atoms with Crippen LogP contribution in [0, 0.1) is 11.6 Å². The molecule has 0 bridgehead atoms. The van der Waals surface area contributed by atoms with E-state index < -0.39 is 23.0 Å². The van der Waals surface area contributed by atoms with E-state index in [2.05, 4.69) is 20.9 Å². The molecule has 0 aliphatic carbocycles. The minimum absolute atomic E-state index is 0.00630. The van der Waals surface area contributed by atoms with Crippen molar-refractivity contribution in [1.82, 2.24) is 4.98 Å². The first kappa shape index (κ1) is 14.2. The van der Waals surface area contributed by atoms with Crippen molar-refractivity contribution in [3.63, 3.8) is 0 Å². The molecule has 0 amide bonds. The van der Waals surface area contributed by atoms with Gasteiger partial charge in [0, 0.05) is 5.38 Å². The predicted molar refractivity (Wildman–Crippen MR) is 72.2 cm³/mol. The van der Waals surface area contributed by atoms with Gasteiger partial charge in [-0.25, -0.2) is 13.8 Å². The zero-order chi connectivity index (χ0) is 14.2. The maximum Gasteiger partial charge on any atom is 0.218 e. The molecule has 1 aromatic heterocycles. The topological polar surface area (TPSA) is 56.0 Å². The lowest BCUT2D eigenvalue weighted by Gasteiger charge is -2.04. The van der Waals surface area contributed by atoms with Crippen LogP contribution in [-0.2, 0) is 0 Å². The lowest BCUT2D eigenvalue weighted by molar-refractivity contribution is 0.102. The third kappa shape index (κ3) is 2.72. The van der Waals surface area contributed by atoms with Crippen molar-refractivity contribution < 1.29 is 13.6 Å². The fourth-order valence-electron chi connectivity index (χ4n) is 1.46. The highest BCUT2D eigenvalue weighted by molar-refractivity contribution is 9.10. The van der Waals surface area contributed by atoms with Crippen molar-refractivity contribution in [3.8, 4) is 0 Å². The Balaban J connectivity index is 2.47. The second-order valence-electron chi connectivity index (χ2n) is 3.91. The fraction of sp³-hybridized carbons (Fsp3) is 0.167. The minimum atomic E-state index is -0.930. The molecule has 0 fully saturated rings. The van der Waals surface area contributed by atoms with Gasteiger partial charge in [-0.1, -0.05) is 0 Å². The van der Waals surface area contributed by atoms with Gasteiger partial charge in [0.25, 0.3) is 0 Å². The number of benzene rings is 1. The molecule has 1 atom stereocenters. The van der Waals surface area contributed by atoms with Crippen molar-refractivity contribution in [2.24, 2.45) is 5.73 Å². The SMILES string of the molecule is CC(N)c1nc(C(=O)c2c(F)ccc(Br)c2F)cs1. The molecule has 0 aliphatic heterocycles. The summed E-state index contributed by atoms with van der Waals surface area (Å²) >= 11 is 4.10. The molecule has 0 radical (unpaired) electrons. The maximum absolute atomic E-state index is 13.8. The van der Waals surface area contributed by atoms with Crippen molar-refractivity contribution in [2.75, 3.05) is 0 Å². The molecule has 2 N–H and O–H groups in total. The number of halogens is 3. The third-order valence-electron chi connectivity index (χ3n) is 2.42. The molecule has 2 rings (SSSR count). The standard InChI is InChI=1S/C12H9BrF2N2OS/c1-5(16)12-17-8(4-19-12)11(18)9-7(14)3-2-6(13)10(9)15/h2-5H,16H2,1H3. The number of rotatable bonds is 3. The summed E-state index contributed by atoms with van der Waals surface area (Å²) in [6.45, 7) is 1.72. The normalized spacial score (nSPS) is 12.5. The van der Waals surface area contributed by atoms with Gasteiger partial charge in [-0.3, -0.25) is 4.79 Å². The molecule has 100 valence electrons. The smallest absolute Gasteiger partial charge is 0.218 e. The highest BCUT2D eigenvalue weighted by atomic mass is 79.9. The predicted octanol–water partition coefficient (Wildman–Crippen LogP) is 3.43. The largest absolute Gasteiger partial charge is 0.322 e. The number of nitrogens with zero attached hydrogens (tertiary/aromatic N) is 1. The van der Waals surface area contributed by atoms with Crippen LogP contribution < -0.4 is 5.73 Å². The molecule has 7 heteroatoms. The van der Waals surface area contributed by atoms with Gasteiger partial charge in [-0.15, -0.1) is 11.3 Å². The van der Waals surface area contributed by atoms with Crippen LogP contribution in [0.4, 0.5) is 8.78 Å². The Labute approximate surface area is 120 Å². The van der Waals surface area contributed by atoms with Crippen LogP contribution in [0.1, 0.15) is 34.0 Å². The Kier molecular flexibility index (Phi) is 4.07. The van der Waals surface area contributed by atoms with Crippen molar-refractivity contribution in [3.05, 3.63) is 49.9 Å². The van der Waals surface area contributed by atoms with E-state index in [1.54, 1.807) is 6.92 Å². The molecule has 3 nitrogen and oxygen atoms in total. The maximum atomic E-state index is 13.8. The molecular weight excluding hydrogens is 338 g/mol. The molecule has 1 aromatic carbocycles. The number of aromatic nitrogens is 1. The first-order valence-corrected chi connectivity index (χ1v) is 6.98. The number of thiazole rings is 1. The van der Waals surface area contributed by atoms with Gasteiger partial charge in [0.15, 0.2) is 5.82 Å². The van der Waals surface area contributed by atoms with Crippen LogP contribution in [0.15, 0.2) is 22.0 Å². The third-order valence-corrected chi connectivity index (χ3v) is 4.07. The summed E-state index contributed by atoms with van der Waals surface area (Å²) < 4.78 is 27.4. The monoisotopic (exact) mass is 346 g/mol. The summed E-state index contributed by atoms with van der Waals surface area (Å²) in [6, 6.07) is 1.90. The number of hydrogen-bond donors (Lipinski definition) is 1. The molecule has 0 saturated carbocycles. The van der Waals surface area contributed by atoms with Gasteiger partial charge in [0.05, 0.1) is 16.1 Å². The van der Waals surface area contributed by atoms with Crippen LogP contribution in [0.3, 0.4) is 0 Å². The molecular formula is C12H9BrF2N2OS. The Morgan fingerprint density at radius 2 is 2.16 bits per heavy atom. The van der Waals surface area contributed by atoms with E-state index in [0.717, 1.165) is 6.07 Å². The van der Waals surface area contributed by atoms with E-state index in [4.69, 9.17) is 5.73 Å². The number of carbonyl (C=O) groups is 1. The van der Waals surface area contributed by atoms with E-state index >= 15 is 0 Å². The summed E-state index contributed by atoms with van der Waals surface area (Å²) in [7, 11) is 0. The Hall–Kier alpha value is -1.18. The van der Waals surface area contributed by atoms with Crippen molar-refractivity contribution >= 4 is 33.0 Å². The number of nitrogens with two attached hydrogens (primary N) is 1. The fourth-order valence-corrected chi connectivity index (χ4v) is 2.55. The average Bonchev–Trinajstić information content (AvgIpc) is 2.84. The van der Waals surface area contributed by atoms with Crippen LogP contribution in [0.25, 0.3) is 0 Å². The van der Waals surface area contributed by atoms with E-state index in [1.165, 1.54) is 22.8 Å². The minimum Gasteiger partial charge on any atom is -0.322 e. The Bertz CT molecular complexity index is 643. The van der Waals surface area contributed by atoms with Crippen molar-refractivity contribution in [2.45, 2.75) is 13.0 Å². The van der Waals surface area contributed by atoms with Gasteiger partial charge >= 0.3 is 0 Å². The van der Waals surface area contributed by atoms with E-state index in [-0.39, 0.29) is 16.2 Å². The molecule has 19 heavy (non-hydrogen) atoms. The number of hydrogen-bond acceptors (Lipinski definition) is 4. The quantitative estimate of drug-likeness (QED) is 0.684. The van der Waals surface area contributed by atoms with Crippen LogP contribution >= 0.6 is 27.3 Å².